The normalized spacial score (nSPS) is 13.8. The molecule has 1 saturated heterocycles. The Hall–Kier alpha value is -3.36. The summed E-state index contributed by atoms with van der Waals surface area (Å²) in [6.45, 7) is 5.68. The summed E-state index contributed by atoms with van der Waals surface area (Å²) >= 11 is 5.85. The largest absolute Gasteiger partial charge is 0.474 e. The van der Waals surface area contributed by atoms with E-state index in [1.54, 1.807) is 24.5 Å². The van der Waals surface area contributed by atoms with Gasteiger partial charge in [-0.05, 0) is 18.6 Å². The van der Waals surface area contributed by atoms with Crippen LogP contribution in [0.2, 0.25) is 5.02 Å². The molecule has 0 amide bonds. The maximum absolute atomic E-state index is 5.86. The monoisotopic (exact) mass is 467 g/mol. The molecule has 172 valence electrons. The Morgan fingerprint density at radius 2 is 1.91 bits per heavy atom. The number of hydrogen-bond donors (Lipinski definition) is 1. The van der Waals surface area contributed by atoms with Crippen molar-refractivity contribution in [2.75, 3.05) is 49.8 Å². The second-order valence-corrected chi connectivity index (χ2v) is 7.88. The van der Waals surface area contributed by atoms with Crippen molar-refractivity contribution in [3.8, 4) is 11.8 Å². The lowest BCUT2D eigenvalue weighted by Gasteiger charge is -2.29. The molecule has 9 heteroatoms. The molecule has 0 atom stereocenters. The van der Waals surface area contributed by atoms with Gasteiger partial charge in [0.05, 0.1) is 24.5 Å². The number of pyridine rings is 2. The number of morpholine rings is 1. The Balaban J connectivity index is 1.41. The van der Waals surface area contributed by atoms with Crippen LogP contribution in [0.5, 0.6) is 11.8 Å². The summed E-state index contributed by atoms with van der Waals surface area (Å²) in [4.78, 5) is 10.9. The number of aryl methyl sites for hydroxylation is 1. The SMILES string of the molecule is Cc1cccc(C=NNc2cc(N3CCOCC3)cc(OCCOc3ccc(Cl)cn3)n2)c1. The van der Waals surface area contributed by atoms with Gasteiger partial charge in [-0.1, -0.05) is 41.4 Å². The highest BCUT2D eigenvalue weighted by Crippen LogP contribution is 2.25. The van der Waals surface area contributed by atoms with Gasteiger partial charge in [-0.2, -0.15) is 10.1 Å². The Bertz CT molecular complexity index is 1070. The standard InChI is InChI=1S/C24H26ClN5O3/c1-18-3-2-4-19(13-18)16-27-29-22-14-21(30-7-9-31-10-8-30)15-24(28-22)33-12-11-32-23-6-5-20(25)17-26-23/h2-6,13-17H,7-12H2,1H3,(H,28,29). The van der Waals surface area contributed by atoms with Crippen LogP contribution >= 0.6 is 11.6 Å². The van der Waals surface area contributed by atoms with E-state index in [9.17, 15) is 0 Å². The van der Waals surface area contributed by atoms with Gasteiger partial charge < -0.3 is 19.1 Å². The van der Waals surface area contributed by atoms with Crippen molar-refractivity contribution in [1.29, 1.82) is 0 Å². The third kappa shape index (κ3) is 7.06. The first-order valence-electron chi connectivity index (χ1n) is 10.7. The van der Waals surface area contributed by atoms with Crippen LogP contribution in [0.3, 0.4) is 0 Å². The number of nitrogens with one attached hydrogen (secondary N) is 1. The lowest BCUT2D eigenvalue weighted by Crippen LogP contribution is -2.36. The van der Waals surface area contributed by atoms with E-state index in [4.69, 9.17) is 25.8 Å². The minimum atomic E-state index is 0.315. The van der Waals surface area contributed by atoms with Gasteiger partial charge in [-0.25, -0.2) is 4.98 Å². The van der Waals surface area contributed by atoms with Crippen molar-refractivity contribution >= 4 is 29.3 Å². The molecule has 0 bridgehead atoms. The second-order valence-electron chi connectivity index (χ2n) is 7.44. The van der Waals surface area contributed by atoms with Crippen molar-refractivity contribution in [3.05, 3.63) is 70.9 Å². The van der Waals surface area contributed by atoms with Crippen LogP contribution in [0, 0.1) is 6.92 Å². The molecule has 8 nitrogen and oxygen atoms in total. The van der Waals surface area contributed by atoms with E-state index in [1.807, 2.05) is 24.3 Å². The molecule has 1 N–H and O–H groups in total. The van der Waals surface area contributed by atoms with Crippen molar-refractivity contribution < 1.29 is 14.2 Å². The number of hydrogen-bond acceptors (Lipinski definition) is 8. The highest BCUT2D eigenvalue weighted by molar-refractivity contribution is 6.30. The summed E-state index contributed by atoms with van der Waals surface area (Å²) < 4.78 is 16.9. The lowest BCUT2D eigenvalue weighted by atomic mass is 10.2. The van der Waals surface area contributed by atoms with Crippen molar-refractivity contribution in [2.24, 2.45) is 5.10 Å². The van der Waals surface area contributed by atoms with Crippen LogP contribution in [0.25, 0.3) is 0 Å². The van der Waals surface area contributed by atoms with Crippen LogP contribution in [-0.4, -0.2) is 55.7 Å². The zero-order chi connectivity index (χ0) is 22.9. The van der Waals surface area contributed by atoms with Crippen LogP contribution < -0.4 is 19.8 Å². The third-order valence-electron chi connectivity index (χ3n) is 4.88. The Kier molecular flexibility index (Phi) is 7.94. The molecule has 0 unspecified atom stereocenters. The summed E-state index contributed by atoms with van der Waals surface area (Å²) in [5.41, 5.74) is 6.21. The molecule has 1 aromatic carbocycles. The summed E-state index contributed by atoms with van der Waals surface area (Å²) in [6, 6.07) is 15.4. The van der Waals surface area contributed by atoms with Crippen molar-refractivity contribution in [2.45, 2.75) is 6.92 Å². The molecule has 33 heavy (non-hydrogen) atoms. The molecule has 1 fully saturated rings. The molecule has 0 saturated carbocycles. The Morgan fingerprint density at radius 1 is 1.09 bits per heavy atom. The first-order valence-corrected chi connectivity index (χ1v) is 11.1. The number of aromatic nitrogens is 2. The lowest BCUT2D eigenvalue weighted by molar-refractivity contribution is 0.122. The van der Waals surface area contributed by atoms with Gasteiger partial charge in [0.2, 0.25) is 11.8 Å². The van der Waals surface area contributed by atoms with Crippen LogP contribution in [-0.2, 0) is 4.74 Å². The van der Waals surface area contributed by atoms with Gasteiger partial charge in [0.15, 0.2) is 5.82 Å². The maximum atomic E-state index is 5.86. The predicted octanol–water partition coefficient (Wildman–Crippen LogP) is 4.18. The molecule has 2 aromatic heterocycles. The smallest absolute Gasteiger partial charge is 0.217 e. The van der Waals surface area contributed by atoms with E-state index in [0.29, 0.717) is 49.0 Å². The molecule has 4 rings (SSSR count). The molecule has 0 radical (unpaired) electrons. The fraction of sp³-hybridized carbons (Fsp3) is 0.292. The van der Waals surface area contributed by atoms with Gasteiger partial charge in [-0.3, -0.25) is 5.43 Å². The topological polar surface area (TPSA) is 81.1 Å². The van der Waals surface area contributed by atoms with E-state index >= 15 is 0 Å². The molecular formula is C24H26ClN5O3. The first kappa shape index (κ1) is 22.8. The zero-order valence-electron chi connectivity index (χ0n) is 18.4. The Labute approximate surface area is 198 Å². The zero-order valence-corrected chi connectivity index (χ0v) is 19.2. The van der Waals surface area contributed by atoms with Crippen molar-refractivity contribution in [1.82, 2.24) is 9.97 Å². The van der Waals surface area contributed by atoms with E-state index in [2.05, 4.69) is 44.5 Å². The van der Waals surface area contributed by atoms with E-state index in [0.717, 1.165) is 24.3 Å². The number of nitrogens with zero attached hydrogens (tertiary/aromatic N) is 4. The summed E-state index contributed by atoms with van der Waals surface area (Å²) in [6.07, 6.45) is 3.31. The molecule has 3 aromatic rings. The van der Waals surface area contributed by atoms with Gasteiger partial charge in [0, 0.05) is 43.2 Å². The van der Waals surface area contributed by atoms with E-state index < -0.39 is 0 Å². The van der Waals surface area contributed by atoms with Crippen LogP contribution in [0.1, 0.15) is 11.1 Å². The van der Waals surface area contributed by atoms with Gasteiger partial charge in [0.1, 0.15) is 13.2 Å². The number of ether oxygens (including phenoxy) is 3. The number of hydrazone groups is 1. The summed E-state index contributed by atoms with van der Waals surface area (Å²) in [5.74, 6) is 1.57. The fourth-order valence-corrected chi connectivity index (χ4v) is 3.40. The summed E-state index contributed by atoms with van der Waals surface area (Å²) in [5, 5.41) is 4.91. The average Bonchev–Trinajstić information content (AvgIpc) is 2.83. The van der Waals surface area contributed by atoms with Crippen molar-refractivity contribution in [3.63, 3.8) is 0 Å². The fourth-order valence-electron chi connectivity index (χ4n) is 3.29. The number of rotatable bonds is 9. The minimum Gasteiger partial charge on any atom is -0.474 e. The van der Waals surface area contributed by atoms with Crippen LogP contribution in [0.4, 0.5) is 11.5 Å². The quantitative estimate of drug-likeness (QED) is 0.287. The molecule has 1 aliphatic heterocycles. The minimum absolute atomic E-state index is 0.315. The Morgan fingerprint density at radius 3 is 2.67 bits per heavy atom. The average molecular weight is 468 g/mol. The molecular weight excluding hydrogens is 442 g/mol. The highest BCUT2D eigenvalue weighted by Gasteiger charge is 2.14. The molecule has 1 aliphatic rings. The van der Waals surface area contributed by atoms with Gasteiger partial charge in [-0.15, -0.1) is 0 Å². The third-order valence-corrected chi connectivity index (χ3v) is 5.10. The van der Waals surface area contributed by atoms with E-state index in [-0.39, 0.29) is 0 Å². The number of benzene rings is 1. The highest BCUT2D eigenvalue weighted by atomic mass is 35.5. The number of halogens is 1. The predicted molar refractivity (Wildman–Crippen MR) is 130 cm³/mol. The molecule has 0 spiro atoms. The van der Waals surface area contributed by atoms with Gasteiger partial charge >= 0.3 is 0 Å². The number of anilines is 2. The first-order chi connectivity index (χ1) is 16.2. The molecule has 0 aliphatic carbocycles. The second kappa shape index (κ2) is 11.5. The maximum Gasteiger partial charge on any atom is 0.217 e. The van der Waals surface area contributed by atoms with Crippen LogP contribution in [0.15, 0.2) is 59.8 Å². The molecule has 3 heterocycles. The van der Waals surface area contributed by atoms with Gasteiger partial charge in [0.25, 0.3) is 0 Å². The summed E-state index contributed by atoms with van der Waals surface area (Å²) in [7, 11) is 0. The van der Waals surface area contributed by atoms with E-state index in [1.165, 1.54) is 5.56 Å².